The van der Waals surface area contributed by atoms with Crippen LogP contribution in [-0.2, 0) is 4.79 Å². The number of rotatable bonds is 4. The van der Waals surface area contributed by atoms with E-state index in [1.54, 1.807) is 4.90 Å². The van der Waals surface area contributed by atoms with E-state index >= 15 is 0 Å². The maximum absolute atomic E-state index is 12.8. The predicted octanol–water partition coefficient (Wildman–Crippen LogP) is 4.88. The topological polar surface area (TPSA) is 29.5 Å². The fraction of sp³-hybridized carbons (Fsp3) is 0.158. The number of ether oxygens (including phenoxy) is 1. The number of hydrogen-bond donors (Lipinski definition) is 0. The van der Waals surface area contributed by atoms with Gasteiger partial charge in [-0.1, -0.05) is 60.4 Å². The number of thioether (sulfide) groups is 1. The van der Waals surface area contributed by atoms with E-state index in [0.717, 1.165) is 17.0 Å². The van der Waals surface area contributed by atoms with Crippen LogP contribution in [0.2, 0.25) is 0 Å². The van der Waals surface area contributed by atoms with E-state index in [1.807, 2.05) is 74.5 Å². The summed E-state index contributed by atoms with van der Waals surface area (Å²) in [5.41, 5.74) is 1.66. The summed E-state index contributed by atoms with van der Waals surface area (Å²) in [6, 6.07) is 17.1. The first-order valence-electron chi connectivity index (χ1n) is 7.65. The molecule has 3 rings (SSSR count). The van der Waals surface area contributed by atoms with Gasteiger partial charge in [0.25, 0.3) is 5.91 Å². The summed E-state index contributed by atoms with van der Waals surface area (Å²) < 4.78 is 6.36. The lowest BCUT2D eigenvalue weighted by Crippen LogP contribution is -2.27. The monoisotopic (exact) mass is 355 g/mol. The molecule has 0 aromatic heterocycles. The molecule has 0 aliphatic carbocycles. The van der Waals surface area contributed by atoms with Crippen molar-refractivity contribution in [3.05, 3.63) is 65.1 Å². The number of nitrogens with zero attached hydrogens (tertiary/aromatic N) is 1. The molecule has 1 saturated heterocycles. The highest BCUT2D eigenvalue weighted by Crippen LogP contribution is 2.37. The van der Waals surface area contributed by atoms with E-state index < -0.39 is 0 Å². The van der Waals surface area contributed by atoms with Crippen molar-refractivity contribution in [2.75, 3.05) is 4.90 Å². The molecule has 1 amide bonds. The van der Waals surface area contributed by atoms with Gasteiger partial charge in [-0.2, -0.15) is 0 Å². The number of thiocarbonyl (C=S) groups is 1. The van der Waals surface area contributed by atoms with Gasteiger partial charge < -0.3 is 4.74 Å². The Morgan fingerprint density at radius 3 is 2.46 bits per heavy atom. The number of para-hydroxylation sites is 2. The third kappa shape index (κ3) is 3.52. The van der Waals surface area contributed by atoms with Crippen molar-refractivity contribution >= 4 is 46.0 Å². The molecule has 1 aliphatic heterocycles. The van der Waals surface area contributed by atoms with E-state index in [4.69, 9.17) is 17.0 Å². The summed E-state index contributed by atoms with van der Waals surface area (Å²) >= 11 is 6.70. The molecule has 0 spiro atoms. The molecule has 0 bridgehead atoms. The summed E-state index contributed by atoms with van der Waals surface area (Å²) in [5, 5.41) is 0. The lowest BCUT2D eigenvalue weighted by Gasteiger charge is -2.14. The van der Waals surface area contributed by atoms with Crippen molar-refractivity contribution in [3.8, 4) is 5.75 Å². The van der Waals surface area contributed by atoms with Crippen molar-refractivity contribution in [1.29, 1.82) is 0 Å². The van der Waals surface area contributed by atoms with Gasteiger partial charge in [-0.05, 0) is 38.1 Å². The Bertz CT molecular complexity index is 800. The molecular formula is C19H17NO2S2. The predicted molar refractivity (Wildman–Crippen MR) is 104 cm³/mol. The molecule has 2 aromatic carbocycles. The summed E-state index contributed by atoms with van der Waals surface area (Å²) in [6.07, 6.45) is 1.92. The quantitative estimate of drug-likeness (QED) is 0.577. The number of carbonyl (C=O) groups is 1. The maximum atomic E-state index is 12.8. The minimum absolute atomic E-state index is 0.0679. The van der Waals surface area contributed by atoms with Gasteiger partial charge in [-0.15, -0.1) is 0 Å². The second-order valence-electron chi connectivity index (χ2n) is 5.56. The SMILES string of the molecule is CC(C)Oc1ccccc1/C=C1/SC(=S)N(c2ccccc2)C1=O. The molecule has 0 unspecified atom stereocenters. The average molecular weight is 355 g/mol. The highest BCUT2D eigenvalue weighted by atomic mass is 32.2. The Labute approximate surface area is 151 Å². The van der Waals surface area contributed by atoms with E-state index in [2.05, 4.69) is 0 Å². The van der Waals surface area contributed by atoms with Gasteiger partial charge in [0, 0.05) is 5.56 Å². The molecule has 0 radical (unpaired) electrons. The van der Waals surface area contributed by atoms with Gasteiger partial charge >= 0.3 is 0 Å². The molecule has 5 heteroatoms. The number of hydrogen-bond acceptors (Lipinski definition) is 4. The minimum atomic E-state index is -0.101. The standard InChI is InChI=1S/C19H17NO2S2/c1-13(2)22-16-11-7-6-8-14(16)12-17-18(21)20(19(23)24-17)15-9-4-3-5-10-15/h3-13H,1-2H3/b17-12+. The first kappa shape index (κ1) is 16.7. The highest BCUT2D eigenvalue weighted by Gasteiger charge is 2.33. The number of amides is 1. The Hall–Kier alpha value is -2.11. The van der Waals surface area contributed by atoms with Crippen molar-refractivity contribution in [3.63, 3.8) is 0 Å². The van der Waals surface area contributed by atoms with Crippen molar-refractivity contribution < 1.29 is 9.53 Å². The van der Waals surface area contributed by atoms with Crippen LogP contribution in [0.1, 0.15) is 19.4 Å². The number of carbonyl (C=O) groups excluding carboxylic acids is 1. The molecule has 24 heavy (non-hydrogen) atoms. The third-order valence-corrected chi connectivity index (χ3v) is 4.68. The lowest BCUT2D eigenvalue weighted by atomic mass is 10.1. The molecule has 1 heterocycles. The van der Waals surface area contributed by atoms with Crippen LogP contribution in [0.15, 0.2) is 59.5 Å². The molecule has 1 aliphatic rings. The van der Waals surface area contributed by atoms with Crippen LogP contribution in [-0.4, -0.2) is 16.3 Å². The molecule has 0 saturated carbocycles. The first-order chi connectivity index (χ1) is 11.6. The van der Waals surface area contributed by atoms with E-state index in [1.165, 1.54) is 11.8 Å². The number of anilines is 1. The Kier molecular flexibility index (Phi) is 5.02. The van der Waals surface area contributed by atoms with Crippen molar-refractivity contribution in [1.82, 2.24) is 0 Å². The van der Waals surface area contributed by atoms with Crippen LogP contribution >= 0.6 is 24.0 Å². The second kappa shape index (κ2) is 7.20. The van der Waals surface area contributed by atoms with Gasteiger partial charge in [-0.25, -0.2) is 0 Å². The van der Waals surface area contributed by atoms with Gasteiger partial charge in [0.15, 0.2) is 4.32 Å². The molecule has 3 nitrogen and oxygen atoms in total. The van der Waals surface area contributed by atoms with Gasteiger partial charge in [0.1, 0.15) is 5.75 Å². The zero-order valence-corrected chi connectivity index (χ0v) is 15.1. The summed E-state index contributed by atoms with van der Waals surface area (Å²) in [7, 11) is 0. The molecule has 122 valence electrons. The lowest BCUT2D eigenvalue weighted by molar-refractivity contribution is -0.113. The first-order valence-corrected chi connectivity index (χ1v) is 8.87. The fourth-order valence-corrected chi connectivity index (χ4v) is 3.66. The zero-order chi connectivity index (χ0) is 17.1. The number of benzene rings is 2. The van der Waals surface area contributed by atoms with Gasteiger partial charge in [0.2, 0.25) is 0 Å². The van der Waals surface area contributed by atoms with E-state index in [9.17, 15) is 4.79 Å². The molecular weight excluding hydrogens is 338 g/mol. The molecule has 0 atom stereocenters. The molecule has 0 N–H and O–H groups in total. The Morgan fingerprint density at radius 2 is 1.75 bits per heavy atom. The Balaban J connectivity index is 1.93. The summed E-state index contributed by atoms with van der Waals surface area (Å²) in [4.78, 5) is 14.9. The van der Waals surface area contributed by atoms with Crippen LogP contribution in [0.25, 0.3) is 6.08 Å². The van der Waals surface area contributed by atoms with E-state index in [0.29, 0.717) is 9.23 Å². The highest BCUT2D eigenvalue weighted by molar-refractivity contribution is 8.27. The fourth-order valence-electron chi connectivity index (χ4n) is 2.37. The largest absolute Gasteiger partial charge is 0.490 e. The molecule has 2 aromatic rings. The summed E-state index contributed by atoms with van der Waals surface area (Å²) in [6.45, 7) is 3.96. The van der Waals surface area contributed by atoms with E-state index in [-0.39, 0.29) is 12.0 Å². The van der Waals surface area contributed by atoms with Crippen molar-refractivity contribution in [2.24, 2.45) is 0 Å². The van der Waals surface area contributed by atoms with Gasteiger partial charge in [-0.3, -0.25) is 9.69 Å². The summed E-state index contributed by atoms with van der Waals surface area (Å²) in [5.74, 6) is 0.660. The van der Waals surface area contributed by atoms with Crippen LogP contribution < -0.4 is 9.64 Å². The van der Waals surface area contributed by atoms with Crippen LogP contribution in [0.4, 0.5) is 5.69 Å². The van der Waals surface area contributed by atoms with Crippen LogP contribution in [0, 0.1) is 0 Å². The average Bonchev–Trinajstić information content (AvgIpc) is 2.83. The maximum Gasteiger partial charge on any atom is 0.270 e. The zero-order valence-electron chi connectivity index (χ0n) is 13.4. The van der Waals surface area contributed by atoms with Gasteiger partial charge in [0.05, 0.1) is 16.7 Å². The van der Waals surface area contributed by atoms with Crippen LogP contribution in [0.3, 0.4) is 0 Å². The Morgan fingerprint density at radius 1 is 1.08 bits per heavy atom. The van der Waals surface area contributed by atoms with Crippen molar-refractivity contribution in [2.45, 2.75) is 20.0 Å². The van der Waals surface area contributed by atoms with Crippen LogP contribution in [0.5, 0.6) is 5.75 Å². The third-order valence-electron chi connectivity index (χ3n) is 3.38. The minimum Gasteiger partial charge on any atom is -0.490 e. The smallest absolute Gasteiger partial charge is 0.270 e. The normalized spacial score (nSPS) is 16.3. The second-order valence-corrected chi connectivity index (χ2v) is 7.23. The molecule has 1 fully saturated rings.